The smallest absolute Gasteiger partial charge is 0.128 e. The molecule has 1 aromatic heterocycles. The van der Waals surface area contributed by atoms with Crippen molar-refractivity contribution in [2.45, 2.75) is 13.3 Å². The van der Waals surface area contributed by atoms with Crippen LogP contribution < -0.4 is 14.6 Å². The van der Waals surface area contributed by atoms with Gasteiger partial charge >= 0.3 is 0 Å². The molecule has 2 aromatic rings. The largest absolute Gasteiger partial charge is 0.550 e. The molecule has 0 unspecified atom stereocenters. The predicted molar refractivity (Wildman–Crippen MR) is 74.1 cm³/mol. The Morgan fingerprint density at radius 2 is 2.10 bits per heavy atom. The molecule has 0 amide bonds. The molecule has 0 aliphatic rings. The minimum atomic E-state index is -1.13. The molecule has 0 bridgehead atoms. The van der Waals surface area contributed by atoms with E-state index in [4.69, 9.17) is 9.47 Å². The number of methoxy groups -OCH3 is 2. The van der Waals surface area contributed by atoms with Gasteiger partial charge in [-0.2, -0.15) is 0 Å². The molecule has 0 aliphatic carbocycles. The van der Waals surface area contributed by atoms with Crippen molar-refractivity contribution in [1.29, 1.82) is 0 Å². The number of carbonyl (C=O) groups excluding carboxylic acids is 1. The zero-order valence-corrected chi connectivity index (χ0v) is 12.2. The van der Waals surface area contributed by atoms with Crippen molar-refractivity contribution in [2.75, 3.05) is 14.2 Å². The molecule has 5 nitrogen and oxygen atoms in total. The van der Waals surface area contributed by atoms with E-state index < -0.39 is 5.97 Å². The Labute approximate surface area is 120 Å². The van der Waals surface area contributed by atoms with Crippen molar-refractivity contribution in [3.8, 4) is 22.8 Å². The number of rotatable bonds is 5. The Morgan fingerprint density at radius 3 is 2.70 bits per heavy atom. The summed E-state index contributed by atoms with van der Waals surface area (Å²) in [6.07, 6.45) is -0.165. The van der Waals surface area contributed by atoms with E-state index in [1.54, 1.807) is 32.4 Å². The van der Waals surface area contributed by atoms with Crippen LogP contribution in [0.3, 0.4) is 0 Å². The number of hydrogen-bond donors (Lipinski definition) is 0. The van der Waals surface area contributed by atoms with Crippen LogP contribution in [0, 0.1) is 6.92 Å². The molecule has 20 heavy (non-hydrogen) atoms. The number of hydrogen-bond acceptors (Lipinski definition) is 6. The first-order valence-corrected chi connectivity index (χ1v) is 6.75. The fourth-order valence-corrected chi connectivity index (χ4v) is 2.87. The highest BCUT2D eigenvalue weighted by molar-refractivity contribution is 7.12. The number of carboxylic acids is 1. The lowest BCUT2D eigenvalue weighted by molar-refractivity contribution is -0.304. The number of ether oxygens (including phenoxy) is 2. The Hall–Kier alpha value is -2.08. The lowest BCUT2D eigenvalue weighted by atomic mass is 10.1. The maximum absolute atomic E-state index is 10.9. The van der Waals surface area contributed by atoms with Crippen molar-refractivity contribution in [1.82, 2.24) is 4.98 Å². The normalized spacial score (nSPS) is 10.3. The van der Waals surface area contributed by atoms with Gasteiger partial charge in [0.25, 0.3) is 0 Å². The quantitative estimate of drug-likeness (QED) is 0.833. The van der Waals surface area contributed by atoms with Crippen molar-refractivity contribution in [3.63, 3.8) is 0 Å². The summed E-state index contributed by atoms with van der Waals surface area (Å²) in [6, 6.07) is 5.33. The fourth-order valence-electron chi connectivity index (χ4n) is 1.93. The van der Waals surface area contributed by atoms with E-state index in [9.17, 15) is 9.90 Å². The van der Waals surface area contributed by atoms with Gasteiger partial charge in [-0.15, -0.1) is 11.3 Å². The van der Waals surface area contributed by atoms with Gasteiger partial charge in [0.05, 0.1) is 24.9 Å². The van der Waals surface area contributed by atoms with Gasteiger partial charge in [-0.1, -0.05) is 0 Å². The molecular formula is C14H14NO4S-. The van der Waals surface area contributed by atoms with Gasteiger partial charge in [0.15, 0.2) is 0 Å². The van der Waals surface area contributed by atoms with Gasteiger partial charge < -0.3 is 19.4 Å². The SMILES string of the molecule is COc1ccc(OC)c(-c2nc(C)sc2CC(=O)[O-])c1. The van der Waals surface area contributed by atoms with Crippen molar-refractivity contribution >= 4 is 17.3 Å². The topological polar surface area (TPSA) is 71.5 Å². The highest BCUT2D eigenvalue weighted by Crippen LogP contribution is 2.37. The van der Waals surface area contributed by atoms with Crippen LogP contribution >= 0.6 is 11.3 Å². The number of aryl methyl sites for hydroxylation is 1. The summed E-state index contributed by atoms with van der Waals surface area (Å²) in [5, 5.41) is 11.6. The minimum absolute atomic E-state index is 0.165. The van der Waals surface area contributed by atoms with Crippen LogP contribution in [0.2, 0.25) is 0 Å². The van der Waals surface area contributed by atoms with Gasteiger partial charge in [-0.05, 0) is 25.1 Å². The summed E-state index contributed by atoms with van der Waals surface area (Å²) in [7, 11) is 3.13. The van der Waals surface area contributed by atoms with Crippen LogP contribution in [0.25, 0.3) is 11.3 Å². The molecule has 0 spiro atoms. The van der Waals surface area contributed by atoms with Crippen LogP contribution in [0.15, 0.2) is 18.2 Å². The van der Waals surface area contributed by atoms with Crippen molar-refractivity contribution in [3.05, 3.63) is 28.1 Å². The standard InChI is InChI=1S/C14H15NO4S/c1-8-15-14(12(20-8)7-13(16)17)10-6-9(18-2)4-5-11(10)19-3/h4-6H,7H2,1-3H3,(H,16,17)/p-1. The first kappa shape index (κ1) is 14.3. The van der Waals surface area contributed by atoms with E-state index in [2.05, 4.69) is 4.98 Å². The number of carbonyl (C=O) groups is 1. The van der Waals surface area contributed by atoms with Crippen LogP contribution in [-0.2, 0) is 11.2 Å². The van der Waals surface area contributed by atoms with E-state index in [-0.39, 0.29) is 6.42 Å². The third-order valence-electron chi connectivity index (χ3n) is 2.77. The molecule has 0 fully saturated rings. The first-order valence-electron chi connectivity index (χ1n) is 5.93. The second kappa shape index (κ2) is 5.92. The number of nitrogens with zero attached hydrogens (tertiary/aromatic N) is 1. The summed E-state index contributed by atoms with van der Waals surface area (Å²) in [5.74, 6) is 0.151. The summed E-state index contributed by atoms with van der Waals surface area (Å²) < 4.78 is 10.5. The number of benzene rings is 1. The molecular weight excluding hydrogens is 278 g/mol. The Bertz CT molecular complexity index is 636. The van der Waals surface area contributed by atoms with E-state index in [1.807, 2.05) is 6.92 Å². The van der Waals surface area contributed by atoms with Gasteiger partial charge in [-0.3, -0.25) is 0 Å². The van der Waals surface area contributed by atoms with E-state index in [0.717, 1.165) is 5.01 Å². The van der Waals surface area contributed by atoms with Gasteiger partial charge in [0.2, 0.25) is 0 Å². The Balaban J connectivity index is 2.57. The molecule has 106 valence electrons. The van der Waals surface area contributed by atoms with Gasteiger partial charge in [-0.25, -0.2) is 4.98 Å². The van der Waals surface area contributed by atoms with Gasteiger partial charge in [0.1, 0.15) is 11.5 Å². The molecule has 0 N–H and O–H groups in total. The van der Waals surface area contributed by atoms with E-state index in [0.29, 0.717) is 27.6 Å². The third kappa shape index (κ3) is 2.91. The van der Waals surface area contributed by atoms with E-state index in [1.165, 1.54) is 11.3 Å². The highest BCUT2D eigenvalue weighted by atomic mass is 32.1. The predicted octanol–water partition coefficient (Wildman–Crippen LogP) is 1.43. The van der Waals surface area contributed by atoms with Crippen molar-refractivity contribution < 1.29 is 19.4 Å². The van der Waals surface area contributed by atoms with Crippen LogP contribution in [0.5, 0.6) is 11.5 Å². The Kier molecular flexibility index (Phi) is 4.24. The zero-order chi connectivity index (χ0) is 14.7. The molecule has 0 saturated carbocycles. The van der Waals surface area contributed by atoms with Gasteiger partial charge in [0, 0.05) is 22.8 Å². The number of aromatic nitrogens is 1. The maximum Gasteiger partial charge on any atom is 0.128 e. The molecule has 0 aliphatic heterocycles. The third-order valence-corrected chi connectivity index (χ3v) is 3.74. The van der Waals surface area contributed by atoms with Crippen LogP contribution in [0.4, 0.5) is 0 Å². The van der Waals surface area contributed by atoms with Crippen LogP contribution in [0.1, 0.15) is 9.88 Å². The summed E-state index contributed by atoms with van der Waals surface area (Å²) in [6.45, 7) is 1.83. The molecule has 6 heteroatoms. The lowest BCUT2D eigenvalue weighted by Gasteiger charge is -2.10. The first-order chi connectivity index (χ1) is 9.55. The van der Waals surface area contributed by atoms with E-state index >= 15 is 0 Å². The summed E-state index contributed by atoms with van der Waals surface area (Å²) in [5.41, 5.74) is 1.32. The molecule has 1 aromatic carbocycles. The minimum Gasteiger partial charge on any atom is -0.550 e. The van der Waals surface area contributed by atoms with Crippen LogP contribution in [-0.4, -0.2) is 25.2 Å². The fraction of sp³-hybridized carbons (Fsp3) is 0.286. The lowest BCUT2D eigenvalue weighted by Crippen LogP contribution is -2.24. The highest BCUT2D eigenvalue weighted by Gasteiger charge is 2.16. The second-order valence-corrected chi connectivity index (χ2v) is 5.41. The Morgan fingerprint density at radius 1 is 1.35 bits per heavy atom. The maximum atomic E-state index is 10.9. The number of thiazole rings is 1. The number of carboxylic acid groups (broad SMARTS) is 1. The second-order valence-electron chi connectivity index (χ2n) is 4.12. The van der Waals surface area contributed by atoms with Crippen molar-refractivity contribution in [2.24, 2.45) is 0 Å². The average molecular weight is 292 g/mol. The molecule has 0 atom stereocenters. The summed E-state index contributed by atoms with van der Waals surface area (Å²) >= 11 is 1.34. The molecule has 1 heterocycles. The monoisotopic (exact) mass is 292 g/mol. The molecule has 0 saturated heterocycles. The zero-order valence-electron chi connectivity index (χ0n) is 11.4. The average Bonchev–Trinajstić information content (AvgIpc) is 2.77. The number of aliphatic carboxylic acids is 1. The molecule has 0 radical (unpaired) electrons. The summed E-state index contributed by atoms with van der Waals surface area (Å²) in [4.78, 5) is 15.9. The molecule has 2 rings (SSSR count).